The lowest BCUT2D eigenvalue weighted by Crippen LogP contribution is -2.46. The molecule has 1 aliphatic rings. The molecule has 2 rings (SSSR count). The van der Waals surface area contributed by atoms with Crippen molar-refractivity contribution in [3.63, 3.8) is 0 Å². The van der Waals surface area contributed by atoms with Crippen molar-refractivity contribution in [1.29, 1.82) is 0 Å². The number of nitrogens with one attached hydrogen (secondary N) is 1. The molecule has 6 heteroatoms. The predicted molar refractivity (Wildman–Crippen MR) is 66.1 cm³/mol. The molecule has 19 heavy (non-hydrogen) atoms. The van der Waals surface area contributed by atoms with Gasteiger partial charge in [0.15, 0.2) is 0 Å². The lowest BCUT2D eigenvalue weighted by molar-refractivity contribution is -0.147. The van der Waals surface area contributed by atoms with Gasteiger partial charge in [0.2, 0.25) is 5.91 Å². The van der Waals surface area contributed by atoms with E-state index in [0.29, 0.717) is 5.69 Å². The van der Waals surface area contributed by atoms with Gasteiger partial charge in [0, 0.05) is 12.1 Å². The van der Waals surface area contributed by atoms with Crippen LogP contribution in [0.5, 0.6) is 0 Å². The van der Waals surface area contributed by atoms with E-state index in [9.17, 15) is 9.59 Å². The number of aromatic nitrogens is 1. The fourth-order valence-corrected chi connectivity index (χ4v) is 2.49. The van der Waals surface area contributed by atoms with Gasteiger partial charge in [-0.25, -0.2) is 0 Å². The molecule has 0 saturated heterocycles. The summed E-state index contributed by atoms with van der Waals surface area (Å²) in [7, 11) is 1.38. The van der Waals surface area contributed by atoms with Crippen LogP contribution in [-0.2, 0) is 20.7 Å². The largest absolute Gasteiger partial charge is 0.469 e. The van der Waals surface area contributed by atoms with E-state index in [2.05, 4.69) is 15.0 Å². The van der Waals surface area contributed by atoms with Gasteiger partial charge in [-0.15, -0.1) is 0 Å². The highest BCUT2D eigenvalue weighted by Gasteiger charge is 2.32. The van der Waals surface area contributed by atoms with Gasteiger partial charge < -0.3 is 14.6 Å². The zero-order valence-electron chi connectivity index (χ0n) is 10.9. The molecule has 0 radical (unpaired) electrons. The molecule has 0 spiro atoms. The van der Waals surface area contributed by atoms with Crippen molar-refractivity contribution in [2.75, 3.05) is 7.11 Å². The molecule has 0 unspecified atom stereocenters. The Bertz CT molecular complexity index is 430. The van der Waals surface area contributed by atoms with Crippen molar-refractivity contribution in [3.8, 4) is 0 Å². The number of amides is 1. The summed E-state index contributed by atoms with van der Waals surface area (Å²) in [5.74, 6) is -0.624. The van der Waals surface area contributed by atoms with E-state index in [1.54, 1.807) is 6.07 Å². The standard InChI is InChI=1S/C13H18N2O4/c1-18-13(17)10-4-2-3-5-11(10)14-12(16)8-9-6-7-19-15-9/h6-7,10-11H,2-5,8H2,1H3,(H,14,16)/t10-,11-/m1/s1. The number of methoxy groups -OCH3 is 1. The third-order valence-corrected chi connectivity index (χ3v) is 3.45. The minimum absolute atomic E-state index is 0.138. The maximum atomic E-state index is 11.9. The van der Waals surface area contributed by atoms with Crippen LogP contribution in [0.3, 0.4) is 0 Å². The summed E-state index contributed by atoms with van der Waals surface area (Å²) < 4.78 is 9.47. The summed E-state index contributed by atoms with van der Waals surface area (Å²) in [5.41, 5.74) is 0.586. The van der Waals surface area contributed by atoms with Crippen LogP contribution in [0, 0.1) is 5.92 Å². The first-order valence-electron chi connectivity index (χ1n) is 6.47. The SMILES string of the molecule is COC(=O)[C@@H]1CCCC[C@H]1NC(=O)Cc1ccon1. The molecular formula is C13H18N2O4. The van der Waals surface area contributed by atoms with Crippen molar-refractivity contribution >= 4 is 11.9 Å². The molecule has 0 bridgehead atoms. The molecule has 1 amide bonds. The highest BCUT2D eigenvalue weighted by Crippen LogP contribution is 2.25. The van der Waals surface area contributed by atoms with Crippen molar-refractivity contribution in [1.82, 2.24) is 10.5 Å². The van der Waals surface area contributed by atoms with Gasteiger partial charge in [0.25, 0.3) is 0 Å². The third-order valence-electron chi connectivity index (χ3n) is 3.45. The smallest absolute Gasteiger partial charge is 0.310 e. The molecule has 1 heterocycles. The Kier molecular flexibility index (Phi) is 4.54. The molecule has 2 atom stereocenters. The summed E-state index contributed by atoms with van der Waals surface area (Å²) in [6.07, 6.45) is 5.19. The van der Waals surface area contributed by atoms with Crippen LogP contribution in [0.1, 0.15) is 31.4 Å². The van der Waals surface area contributed by atoms with Gasteiger partial charge in [0.05, 0.1) is 25.1 Å². The molecule has 104 valence electrons. The van der Waals surface area contributed by atoms with Crippen molar-refractivity contribution < 1.29 is 18.8 Å². The normalized spacial score (nSPS) is 22.8. The molecule has 1 aromatic heterocycles. The number of esters is 1. The minimum atomic E-state index is -0.244. The monoisotopic (exact) mass is 266 g/mol. The maximum absolute atomic E-state index is 11.9. The summed E-state index contributed by atoms with van der Waals surface area (Å²) in [6, 6.07) is 1.51. The average Bonchev–Trinajstić information content (AvgIpc) is 2.91. The molecular weight excluding hydrogens is 248 g/mol. The van der Waals surface area contributed by atoms with E-state index in [4.69, 9.17) is 4.74 Å². The van der Waals surface area contributed by atoms with E-state index in [0.717, 1.165) is 25.7 Å². The third kappa shape index (κ3) is 3.56. The maximum Gasteiger partial charge on any atom is 0.310 e. The lowest BCUT2D eigenvalue weighted by Gasteiger charge is -2.30. The highest BCUT2D eigenvalue weighted by atomic mass is 16.5. The Balaban J connectivity index is 1.91. The van der Waals surface area contributed by atoms with Crippen LogP contribution in [-0.4, -0.2) is 30.2 Å². The Morgan fingerprint density at radius 2 is 2.26 bits per heavy atom. The van der Waals surface area contributed by atoms with Crippen LogP contribution >= 0.6 is 0 Å². The number of carbonyl (C=O) groups is 2. The van der Waals surface area contributed by atoms with Gasteiger partial charge >= 0.3 is 5.97 Å². The van der Waals surface area contributed by atoms with Gasteiger partial charge in [-0.2, -0.15) is 0 Å². The average molecular weight is 266 g/mol. The van der Waals surface area contributed by atoms with Crippen molar-refractivity contribution in [3.05, 3.63) is 18.0 Å². The zero-order valence-corrected chi connectivity index (χ0v) is 10.9. The van der Waals surface area contributed by atoms with Crippen LogP contribution < -0.4 is 5.32 Å². The molecule has 1 aromatic rings. The van der Waals surface area contributed by atoms with Crippen molar-refractivity contribution in [2.24, 2.45) is 5.92 Å². The first kappa shape index (κ1) is 13.6. The van der Waals surface area contributed by atoms with Crippen molar-refractivity contribution in [2.45, 2.75) is 38.1 Å². The summed E-state index contributed by atoms with van der Waals surface area (Å²) in [6.45, 7) is 0. The second kappa shape index (κ2) is 6.36. The van der Waals surface area contributed by atoms with E-state index >= 15 is 0 Å². The number of carbonyl (C=O) groups excluding carboxylic acids is 2. The topological polar surface area (TPSA) is 81.4 Å². The van der Waals surface area contributed by atoms with Crippen LogP contribution in [0.2, 0.25) is 0 Å². The number of nitrogens with zero attached hydrogens (tertiary/aromatic N) is 1. The number of hydrogen-bond acceptors (Lipinski definition) is 5. The Hall–Kier alpha value is -1.85. The van der Waals surface area contributed by atoms with E-state index in [1.807, 2.05) is 0 Å². The van der Waals surface area contributed by atoms with E-state index in [-0.39, 0.29) is 30.3 Å². The summed E-state index contributed by atoms with van der Waals surface area (Å²) in [5, 5.41) is 6.59. The number of rotatable bonds is 4. The molecule has 1 N–H and O–H groups in total. The summed E-state index contributed by atoms with van der Waals surface area (Å²) in [4.78, 5) is 23.6. The Labute approximate surface area is 111 Å². The second-order valence-corrected chi connectivity index (χ2v) is 4.76. The molecule has 6 nitrogen and oxygen atoms in total. The Morgan fingerprint density at radius 1 is 1.47 bits per heavy atom. The Morgan fingerprint density at radius 3 is 2.95 bits per heavy atom. The number of hydrogen-bond donors (Lipinski definition) is 1. The van der Waals surface area contributed by atoms with Crippen LogP contribution in [0.25, 0.3) is 0 Å². The molecule has 1 saturated carbocycles. The van der Waals surface area contributed by atoms with Gasteiger partial charge in [-0.05, 0) is 12.8 Å². The highest BCUT2D eigenvalue weighted by molar-refractivity contribution is 5.80. The first-order valence-corrected chi connectivity index (χ1v) is 6.47. The minimum Gasteiger partial charge on any atom is -0.469 e. The zero-order chi connectivity index (χ0) is 13.7. The quantitative estimate of drug-likeness (QED) is 0.824. The first-order chi connectivity index (χ1) is 9.20. The van der Waals surface area contributed by atoms with Gasteiger partial charge in [-0.3, -0.25) is 9.59 Å². The molecule has 1 fully saturated rings. The second-order valence-electron chi connectivity index (χ2n) is 4.76. The molecule has 1 aliphatic carbocycles. The van der Waals surface area contributed by atoms with E-state index in [1.165, 1.54) is 13.4 Å². The fourth-order valence-electron chi connectivity index (χ4n) is 2.49. The molecule has 0 aliphatic heterocycles. The van der Waals surface area contributed by atoms with E-state index < -0.39 is 0 Å². The number of ether oxygens (including phenoxy) is 1. The predicted octanol–water partition coefficient (Wildman–Crippen LogP) is 1.07. The van der Waals surface area contributed by atoms with Crippen LogP contribution in [0.15, 0.2) is 16.9 Å². The van der Waals surface area contributed by atoms with Gasteiger partial charge in [-0.1, -0.05) is 18.0 Å². The summed E-state index contributed by atoms with van der Waals surface area (Å²) >= 11 is 0. The molecule has 0 aromatic carbocycles. The lowest BCUT2D eigenvalue weighted by atomic mass is 9.84. The van der Waals surface area contributed by atoms with Gasteiger partial charge in [0.1, 0.15) is 6.26 Å². The fraction of sp³-hybridized carbons (Fsp3) is 0.615. The van der Waals surface area contributed by atoms with Crippen LogP contribution in [0.4, 0.5) is 0 Å².